The topological polar surface area (TPSA) is 111 Å². The number of hydrogen-bond donors (Lipinski definition) is 2. The van der Waals surface area contributed by atoms with Crippen molar-refractivity contribution in [2.75, 3.05) is 24.6 Å². The number of hydrogen-bond acceptors (Lipinski definition) is 7. The van der Waals surface area contributed by atoms with Crippen LogP contribution in [0.3, 0.4) is 0 Å². The minimum atomic E-state index is -0.595. The van der Waals surface area contributed by atoms with Crippen LogP contribution in [0.25, 0.3) is 0 Å². The molecule has 0 atom stereocenters. The molecule has 1 aliphatic heterocycles. The summed E-state index contributed by atoms with van der Waals surface area (Å²) in [4.78, 5) is 26.2. The number of rotatable bonds is 4. The number of benzene rings is 1. The Kier molecular flexibility index (Phi) is 5.78. The summed E-state index contributed by atoms with van der Waals surface area (Å²) in [6.07, 6.45) is 0. The number of nitrogens with one attached hydrogen (secondary N) is 1. The maximum Gasteiger partial charge on any atom is 0.292 e. The van der Waals surface area contributed by atoms with Gasteiger partial charge in [-0.05, 0) is 12.1 Å². The van der Waals surface area contributed by atoms with E-state index in [1.165, 1.54) is 30.0 Å². The van der Waals surface area contributed by atoms with E-state index in [4.69, 9.17) is 5.73 Å². The van der Waals surface area contributed by atoms with Crippen molar-refractivity contribution in [3.05, 3.63) is 33.9 Å². The van der Waals surface area contributed by atoms with Gasteiger partial charge in [0.05, 0.1) is 17.2 Å². The highest BCUT2D eigenvalue weighted by molar-refractivity contribution is 8.14. The normalized spacial score (nSPS) is 13.1. The summed E-state index contributed by atoms with van der Waals surface area (Å²) in [5.74, 6) is -0.00287. The number of aliphatic imine (C=N–C) groups is 1. The molecule has 0 saturated heterocycles. The van der Waals surface area contributed by atoms with Crippen LogP contribution in [0.5, 0.6) is 0 Å². The number of ketones is 1. The van der Waals surface area contributed by atoms with E-state index in [2.05, 4.69) is 10.3 Å². The van der Waals surface area contributed by atoms with Gasteiger partial charge in [0, 0.05) is 18.2 Å². The van der Waals surface area contributed by atoms with E-state index in [-0.39, 0.29) is 40.9 Å². The number of nitrogens with zero attached hydrogens (tertiary/aromatic N) is 2. The summed E-state index contributed by atoms with van der Waals surface area (Å²) in [7, 11) is 0. The first-order chi connectivity index (χ1) is 9.08. The molecule has 1 aliphatic rings. The molecule has 0 amide bonds. The number of thioether (sulfide) groups is 1. The molecule has 108 valence electrons. The van der Waals surface area contributed by atoms with E-state index in [1.807, 2.05) is 0 Å². The lowest BCUT2D eigenvalue weighted by molar-refractivity contribution is -0.383. The predicted molar refractivity (Wildman–Crippen MR) is 81.9 cm³/mol. The van der Waals surface area contributed by atoms with Gasteiger partial charge >= 0.3 is 0 Å². The molecular formula is C11H13ClN4O3S. The lowest BCUT2D eigenvalue weighted by Crippen LogP contribution is -2.17. The van der Waals surface area contributed by atoms with Crippen LogP contribution in [-0.4, -0.2) is 34.7 Å². The average Bonchev–Trinajstić information content (AvgIpc) is 2.89. The van der Waals surface area contributed by atoms with Crippen LogP contribution in [0, 0.1) is 10.1 Å². The van der Waals surface area contributed by atoms with Crippen LogP contribution in [0.15, 0.2) is 23.2 Å². The van der Waals surface area contributed by atoms with Crippen LogP contribution in [0.2, 0.25) is 0 Å². The summed E-state index contributed by atoms with van der Waals surface area (Å²) >= 11 is 1.29. The van der Waals surface area contributed by atoms with Crippen LogP contribution < -0.4 is 11.1 Å². The van der Waals surface area contributed by atoms with E-state index in [9.17, 15) is 14.9 Å². The first-order valence-electron chi connectivity index (χ1n) is 5.56. The Labute approximate surface area is 125 Å². The fraction of sp³-hybridized carbons (Fsp3) is 0.273. The second-order valence-electron chi connectivity index (χ2n) is 3.86. The van der Waals surface area contributed by atoms with Crippen LogP contribution in [-0.2, 0) is 0 Å². The molecule has 0 spiro atoms. The van der Waals surface area contributed by atoms with Crippen molar-refractivity contribution in [3.8, 4) is 0 Å². The summed E-state index contributed by atoms with van der Waals surface area (Å²) in [5.41, 5.74) is 5.57. The zero-order valence-electron chi connectivity index (χ0n) is 10.4. The highest BCUT2D eigenvalue weighted by atomic mass is 35.5. The molecule has 3 N–H and O–H groups in total. The third-order valence-corrected chi connectivity index (χ3v) is 3.49. The largest absolute Gasteiger partial charge is 0.393 e. The Balaban J connectivity index is 0.00000200. The standard InChI is InChI=1S/C11H12N4O3S.ClH/c12-8-2-1-7(5-9(8)15(17)18)10(16)6-19-11-13-3-4-14-11;/h1-2,5H,3-4,6,12H2,(H,13,14);1H. The smallest absolute Gasteiger partial charge is 0.292 e. The van der Waals surface area contributed by atoms with Crippen molar-refractivity contribution in [2.45, 2.75) is 0 Å². The maximum atomic E-state index is 11.9. The number of anilines is 1. The molecule has 1 aromatic rings. The molecule has 9 heteroatoms. The molecule has 0 bridgehead atoms. The van der Waals surface area contributed by atoms with Crippen LogP contribution >= 0.6 is 24.2 Å². The maximum absolute atomic E-state index is 11.9. The summed E-state index contributed by atoms with van der Waals surface area (Å²) in [6.45, 7) is 1.49. The van der Waals surface area contributed by atoms with Gasteiger partial charge in [-0.3, -0.25) is 19.9 Å². The molecule has 0 unspecified atom stereocenters. The number of halogens is 1. The molecule has 0 saturated carbocycles. The molecule has 20 heavy (non-hydrogen) atoms. The zero-order chi connectivity index (χ0) is 13.8. The molecule has 2 rings (SSSR count). The number of nitro groups is 1. The fourth-order valence-electron chi connectivity index (χ4n) is 1.57. The highest BCUT2D eigenvalue weighted by Crippen LogP contribution is 2.23. The first-order valence-corrected chi connectivity index (χ1v) is 6.54. The van der Waals surface area contributed by atoms with Gasteiger partial charge in [-0.2, -0.15) is 0 Å². The van der Waals surface area contributed by atoms with E-state index >= 15 is 0 Å². The van der Waals surface area contributed by atoms with E-state index in [0.29, 0.717) is 6.54 Å². The third-order valence-electron chi connectivity index (χ3n) is 2.53. The zero-order valence-corrected chi connectivity index (χ0v) is 12.0. The lowest BCUT2D eigenvalue weighted by Gasteiger charge is -2.03. The Bertz CT molecular complexity index is 565. The van der Waals surface area contributed by atoms with Crippen molar-refractivity contribution in [1.29, 1.82) is 0 Å². The van der Waals surface area contributed by atoms with Gasteiger partial charge in [-0.1, -0.05) is 11.8 Å². The number of amidine groups is 1. The average molecular weight is 317 g/mol. The van der Waals surface area contributed by atoms with Gasteiger partial charge < -0.3 is 11.1 Å². The molecular weight excluding hydrogens is 304 g/mol. The lowest BCUT2D eigenvalue weighted by atomic mass is 10.1. The van der Waals surface area contributed by atoms with Gasteiger partial charge in [0.25, 0.3) is 5.69 Å². The number of carbonyl (C=O) groups excluding carboxylic acids is 1. The number of Topliss-reactive ketones (excluding diaryl/α,β-unsaturated/α-hetero) is 1. The Hall–Kier alpha value is -1.80. The van der Waals surface area contributed by atoms with E-state index in [0.717, 1.165) is 11.7 Å². The minimum Gasteiger partial charge on any atom is -0.393 e. The van der Waals surface area contributed by atoms with Crippen LogP contribution in [0.1, 0.15) is 10.4 Å². The third kappa shape index (κ3) is 3.84. The Morgan fingerprint density at radius 1 is 1.55 bits per heavy atom. The molecule has 0 radical (unpaired) electrons. The van der Waals surface area contributed by atoms with E-state index in [1.54, 1.807) is 0 Å². The molecule has 0 aromatic heterocycles. The van der Waals surface area contributed by atoms with Gasteiger partial charge in [-0.25, -0.2) is 0 Å². The quantitative estimate of drug-likeness (QED) is 0.376. The molecule has 0 aliphatic carbocycles. The van der Waals surface area contributed by atoms with Crippen molar-refractivity contribution < 1.29 is 9.72 Å². The summed E-state index contributed by atoms with van der Waals surface area (Å²) in [6, 6.07) is 4.08. The second kappa shape index (κ2) is 7.11. The monoisotopic (exact) mass is 316 g/mol. The van der Waals surface area contributed by atoms with Crippen molar-refractivity contribution >= 4 is 46.5 Å². The minimum absolute atomic E-state index is 0. The number of nitro benzene ring substituents is 1. The summed E-state index contributed by atoms with van der Waals surface area (Å²) < 4.78 is 0. The molecule has 1 heterocycles. The van der Waals surface area contributed by atoms with Crippen molar-refractivity contribution in [1.82, 2.24) is 5.32 Å². The van der Waals surface area contributed by atoms with Gasteiger partial charge in [0.1, 0.15) is 5.69 Å². The van der Waals surface area contributed by atoms with Crippen molar-refractivity contribution in [3.63, 3.8) is 0 Å². The van der Waals surface area contributed by atoms with Gasteiger partial charge in [-0.15, -0.1) is 12.4 Å². The van der Waals surface area contributed by atoms with Gasteiger partial charge in [0.15, 0.2) is 11.0 Å². The second-order valence-corrected chi connectivity index (χ2v) is 4.82. The van der Waals surface area contributed by atoms with E-state index < -0.39 is 4.92 Å². The number of nitrogen functional groups attached to an aromatic ring is 1. The number of carbonyl (C=O) groups is 1. The Morgan fingerprint density at radius 3 is 2.90 bits per heavy atom. The predicted octanol–water partition coefficient (Wildman–Crippen LogP) is 1.47. The fourth-order valence-corrected chi connectivity index (χ4v) is 2.39. The molecule has 0 fully saturated rings. The highest BCUT2D eigenvalue weighted by Gasteiger charge is 2.16. The molecule has 1 aromatic carbocycles. The van der Waals surface area contributed by atoms with Crippen LogP contribution in [0.4, 0.5) is 11.4 Å². The summed E-state index contributed by atoms with van der Waals surface area (Å²) in [5, 5.41) is 14.5. The number of nitrogens with two attached hydrogens (primary N) is 1. The SMILES string of the molecule is Cl.Nc1ccc(C(=O)CSC2=NCCN2)cc1[N+](=O)[O-]. The Morgan fingerprint density at radius 2 is 2.30 bits per heavy atom. The molecule has 7 nitrogen and oxygen atoms in total. The van der Waals surface area contributed by atoms with Crippen molar-refractivity contribution in [2.24, 2.45) is 4.99 Å². The first kappa shape index (κ1) is 16.3. The van der Waals surface area contributed by atoms with Gasteiger partial charge in [0.2, 0.25) is 0 Å².